The fraction of sp³-hybridized carbons (Fsp3) is 0.344. The smallest absolute Gasteiger partial charge is 0.387 e. The summed E-state index contributed by atoms with van der Waals surface area (Å²) in [5.74, 6) is 0.553. The topological polar surface area (TPSA) is 56.5 Å². The van der Waals surface area contributed by atoms with Gasteiger partial charge in [0.15, 0.2) is 0 Å². The Morgan fingerprint density at radius 2 is 1.74 bits per heavy atom. The van der Waals surface area contributed by atoms with Crippen LogP contribution in [-0.2, 0) is 5.41 Å². The molecule has 0 amide bonds. The van der Waals surface area contributed by atoms with Crippen molar-refractivity contribution in [1.29, 1.82) is 0 Å². The summed E-state index contributed by atoms with van der Waals surface area (Å²) in [6.45, 7) is -0.779. The van der Waals surface area contributed by atoms with E-state index in [9.17, 15) is 13.6 Å². The van der Waals surface area contributed by atoms with Gasteiger partial charge >= 0.3 is 6.61 Å². The minimum Gasteiger partial charge on any atom is -0.435 e. The normalized spacial score (nSPS) is 18.0. The van der Waals surface area contributed by atoms with Crippen LogP contribution >= 0.6 is 0 Å². The van der Waals surface area contributed by atoms with Crippen molar-refractivity contribution in [2.24, 2.45) is 4.99 Å². The van der Waals surface area contributed by atoms with Gasteiger partial charge < -0.3 is 4.74 Å². The van der Waals surface area contributed by atoms with Crippen LogP contribution in [0.2, 0.25) is 0 Å². The number of rotatable bonds is 5. The van der Waals surface area contributed by atoms with Crippen molar-refractivity contribution in [3.05, 3.63) is 82.1 Å². The van der Waals surface area contributed by atoms with Gasteiger partial charge in [-0.1, -0.05) is 31.4 Å². The van der Waals surface area contributed by atoms with E-state index in [2.05, 4.69) is 23.8 Å². The first-order chi connectivity index (χ1) is 18.9. The van der Waals surface area contributed by atoms with E-state index in [1.807, 2.05) is 24.3 Å². The lowest BCUT2D eigenvalue weighted by atomic mass is 9.67. The molecule has 0 unspecified atom stereocenters. The third-order valence-electron chi connectivity index (χ3n) is 8.72. The number of hydrogen-bond donors (Lipinski definition) is 0. The minimum absolute atomic E-state index is 0.0471. The number of aromatic nitrogens is 2. The second kappa shape index (κ2) is 9.11. The molecule has 0 saturated heterocycles. The first-order valence-electron chi connectivity index (χ1n) is 13.8. The quantitative estimate of drug-likeness (QED) is 0.267. The molecular formula is C32H29F2N3O2. The highest BCUT2D eigenvalue weighted by Gasteiger charge is 2.42. The van der Waals surface area contributed by atoms with Gasteiger partial charge in [-0.15, -0.1) is 0 Å². The molecule has 0 atom stereocenters. The lowest BCUT2D eigenvalue weighted by Gasteiger charge is -2.35. The van der Waals surface area contributed by atoms with E-state index in [0.29, 0.717) is 28.3 Å². The van der Waals surface area contributed by atoms with E-state index in [0.717, 1.165) is 42.6 Å². The summed E-state index contributed by atoms with van der Waals surface area (Å²) in [5, 5.41) is 0. The molecule has 1 spiro atoms. The van der Waals surface area contributed by atoms with E-state index in [1.54, 1.807) is 16.7 Å². The molecule has 1 aromatic heterocycles. The molecule has 2 saturated carbocycles. The second-order valence-corrected chi connectivity index (χ2v) is 11.1. The lowest BCUT2D eigenvalue weighted by Crippen LogP contribution is -2.33. The van der Waals surface area contributed by atoms with Gasteiger partial charge in [0, 0.05) is 22.4 Å². The SMILES string of the molecule is CC1=Nc2ccc(-c3nc4ccc(C5CC5)cc4n(-c4ccc(OC(F)F)cc4)c3=O)cc2C12CCCCC2. The molecule has 3 aromatic carbocycles. The summed E-state index contributed by atoms with van der Waals surface area (Å²) >= 11 is 0. The molecule has 3 aliphatic rings. The molecule has 2 fully saturated rings. The summed E-state index contributed by atoms with van der Waals surface area (Å²) in [7, 11) is 0. The van der Waals surface area contributed by atoms with E-state index in [1.165, 1.54) is 42.5 Å². The van der Waals surface area contributed by atoms with E-state index >= 15 is 0 Å². The van der Waals surface area contributed by atoms with Gasteiger partial charge in [-0.05, 0) is 98.2 Å². The van der Waals surface area contributed by atoms with E-state index in [-0.39, 0.29) is 16.7 Å². The predicted octanol–water partition coefficient (Wildman–Crippen LogP) is 7.84. The summed E-state index contributed by atoms with van der Waals surface area (Å²) in [4.78, 5) is 24.0. The van der Waals surface area contributed by atoms with E-state index < -0.39 is 6.61 Å². The molecule has 1 aliphatic heterocycles. The summed E-state index contributed by atoms with van der Waals surface area (Å²) in [6, 6.07) is 18.4. The van der Waals surface area contributed by atoms with Gasteiger partial charge in [-0.3, -0.25) is 14.4 Å². The Morgan fingerprint density at radius 3 is 2.46 bits per heavy atom. The van der Waals surface area contributed by atoms with Crippen LogP contribution in [0.3, 0.4) is 0 Å². The third kappa shape index (κ3) is 4.06. The number of ether oxygens (including phenoxy) is 1. The first-order valence-corrected chi connectivity index (χ1v) is 13.8. The number of benzene rings is 3. The highest BCUT2D eigenvalue weighted by molar-refractivity contribution is 6.01. The standard InChI is InChI=1S/C32H29F2N3O2/c1-19-32(15-3-2-4-16-32)25-17-22(8-13-26(25)35-19)29-30(38)37(23-9-11-24(12-10-23)39-31(33)34)28-18-21(20-5-6-20)7-14-27(28)36-29/h7-14,17-18,20,31H,2-6,15-16H2,1H3. The first kappa shape index (κ1) is 24.2. The molecule has 198 valence electrons. The van der Waals surface area contributed by atoms with Gasteiger partial charge in [0.05, 0.1) is 16.7 Å². The van der Waals surface area contributed by atoms with Crippen LogP contribution in [0.4, 0.5) is 14.5 Å². The fourth-order valence-electron chi connectivity index (χ4n) is 6.52. The molecule has 39 heavy (non-hydrogen) atoms. The molecule has 7 heteroatoms. The number of alkyl halides is 2. The Labute approximate surface area is 225 Å². The molecule has 0 radical (unpaired) electrons. The van der Waals surface area contributed by atoms with Gasteiger partial charge in [0.2, 0.25) is 0 Å². The number of fused-ring (bicyclic) bond motifs is 3. The molecule has 5 nitrogen and oxygen atoms in total. The largest absolute Gasteiger partial charge is 0.435 e. The van der Waals surface area contributed by atoms with Crippen molar-refractivity contribution in [2.75, 3.05) is 0 Å². The zero-order chi connectivity index (χ0) is 26.7. The maximum atomic E-state index is 14.2. The Kier molecular flexibility index (Phi) is 5.65. The Hall–Kier alpha value is -3.87. The zero-order valence-electron chi connectivity index (χ0n) is 21.8. The number of halogens is 2. The maximum Gasteiger partial charge on any atom is 0.387 e. The van der Waals surface area contributed by atoms with Crippen LogP contribution in [0.5, 0.6) is 5.75 Å². The van der Waals surface area contributed by atoms with Crippen molar-refractivity contribution in [2.45, 2.75) is 69.8 Å². The number of hydrogen-bond acceptors (Lipinski definition) is 4. The number of aliphatic imine (C=N–C) groups is 1. The van der Waals surface area contributed by atoms with Crippen molar-refractivity contribution in [1.82, 2.24) is 9.55 Å². The minimum atomic E-state index is -2.91. The number of nitrogens with zero attached hydrogens (tertiary/aromatic N) is 3. The molecule has 4 aromatic rings. The molecule has 0 N–H and O–H groups in total. The summed E-state index contributed by atoms with van der Waals surface area (Å²) in [6.07, 6.45) is 8.01. The summed E-state index contributed by atoms with van der Waals surface area (Å²) in [5.41, 5.74) is 7.37. The fourth-order valence-corrected chi connectivity index (χ4v) is 6.52. The van der Waals surface area contributed by atoms with Crippen molar-refractivity contribution in [3.63, 3.8) is 0 Å². The third-order valence-corrected chi connectivity index (χ3v) is 8.72. The highest BCUT2D eigenvalue weighted by atomic mass is 19.3. The van der Waals surface area contributed by atoms with Crippen LogP contribution in [0.15, 0.2) is 70.5 Å². The average molecular weight is 526 g/mol. The molecule has 2 heterocycles. The summed E-state index contributed by atoms with van der Waals surface area (Å²) < 4.78 is 31.7. The van der Waals surface area contributed by atoms with Crippen molar-refractivity contribution < 1.29 is 13.5 Å². The van der Waals surface area contributed by atoms with E-state index in [4.69, 9.17) is 9.98 Å². The van der Waals surface area contributed by atoms with Crippen molar-refractivity contribution in [3.8, 4) is 22.7 Å². The molecular weight excluding hydrogens is 496 g/mol. The van der Waals surface area contributed by atoms with Gasteiger partial charge in [-0.2, -0.15) is 8.78 Å². The monoisotopic (exact) mass is 525 g/mol. The lowest BCUT2D eigenvalue weighted by molar-refractivity contribution is -0.0498. The van der Waals surface area contributed by atoms with Gasteiger partial charge in [0.1, 0.15) is 11.4 Å². The second-order valence-electron chi connectivity index (χ2n) is 11.1. The van der Waals surface area contributed by atoms with Crippen LogP contribution in [-0.4, -0.2) is 21.9 Å². The molecule has 0 bridgehead atoms. The highest BCUT2D eigenvalue weighted by Crippen LogP contribution is 2.50. The van der Waals surface area contributed by atoms with Crippen LogP contribution in [0.1, 0.15) is 68.9 Å². The Morgan fingerprint density at radius 1 is 0.974 bits per heavy atom. The zero-order valence-corrected chi connectivity index (χ0v) is 21.8. The predicted molar refractivity (Wildman–Crippen MR) is 149 cm³/mol. The van der Waals surface area contributed by atoms with Gasteiger partial charge in [-0.25, -0.2) is 4.98 Å². The Bertz CT molecular complexity index is 1680. The van der Waals surface area contributed by atoms with Crippen LogP contribution in [0, 0.1) is 0 Å². The van der Waals surface area contributed by atoms with Crippen LogP contribution in [0.25, 0.3) is 28.0 Å². The molecule has 2 aliphatic carbocycles. The average Bonchev–Trinajstić information content (AvgIpc) is 3.76. The maximum absolute atomic E-state index is 14.2. The molecule has 7 rings (SSSR count). The van der Waals surface area contributed by atoms with Crippen molar-refractivity contribution >= 4 is 22.4 Å². The van der Waals surface area contributed by atoms with Crippen LogP contribution < -0.4 is 10.3 Å². The Balaban J connectivity index is 1.40. The van der Waals surface area contributed by atoms with Gasteiger partial charge in [0.25, 0.3) is 5.56 Å².